The van der Waals surface area contributed by atoms with Gasteiger partial charge in [0.2, 0.25) is 0 Å². The predicted octanol–water partition coefficient (Wildman–Crippen LogP) is 4.29. The molecule has 136 valence electrons. The monoisotopic (exact) mass is 370 g/mol. The Morgan fingerprint density at radius 2 is 1.77 bits per heavy atom. The lowest BCUT2D eigenvalue weighted by Crippen LogP contribution is -2.33. The number of rotatable bonds is 7. The topological polar surface area (TPSA) is 51.7 Å². The molecule has 0 saturated heterocycles. The van der Waals surface area contributed by atoms with E-state index >= 15 is 0 Å². The van der Waals surface area contributed by atoms with E-state index in [4.69, 9.17) is 9.47 Å². The van der Waals surface area contributed by atoms with E-state index in [0.717, 1.165) is 15.2 Å². The van der Waals surface area contributed by atoms with Gasteiger partial charge in [0, 0.05) is 7.05 Å². The molecule has 0 bridgehead atoms. The van der Waals surface area contributed by atoms with Gasteiger partial charge in [-0.25, -0.2) is 4.98 Å². The van der Waals surface area contributed by atoms with E-state index in [-0.39, 0.29) is 18.6 Å². The highest BCUT2D eigenvalue weighted by atomic mass is 32.1. The standard InChI is InChI=1S/C20H22N2O3S/c1-4-24-16-10-6-7-11-17(16)25-13-19(23)22(3)14(2)20-21-15-9-5-8-12-18(15)26-20/h5-12,14H,4,13H2,1-3H3. The van der Waals surface area contributed by atoms with Crippen LogP contribution in [0, 0.1) is 0 Å². The highest BCUT2D eigenvalue weighted by molar-refractivity contribution is 7.18. The molecule has 0 saturated carbocycles. The molecule has 0 fully saturated rings. The Balaban J connectivity index is 1.65. The number of likely N-dealkylation sites (N-methyl/N-ethyl adjacent to an activating group) is 1. The van der Waals surface area contributed by atoms with Crippen molar-refractivity contribution in [3.05, 3.63) is 53.5 Å². The molecule has 0 radical (unpaired) electrons. The summed E-state index contributed by atoms with van der Waals surface area (Å²) in [5.41, 5.74) is 0.960. The molecule has 3 rings (SSSR count). The summed E-state index contributed by atoms with van der Waals surface area (Å²) in [6, 6.07) is 15.2. The summed E-state index contributed by atoms with van der Waals surface area (Å²) in [6.45, 7) is 4.39. The third kappa shape index (κ3) is 3.96. The first-order valence-electron chi connectivity index (χ1n) is 8.56. The number of ether oxygens (including phenoxy) is 2. The van der Waals surface area contributed by atoms with Gasteiger partial charge < -0.3 is 14.4 Å². The second kappa shape index (κ2) is 8.19. The van der Waals surface area contributed by atoms with Crippen molar-refractivity contribution >= 4 is 27.5 Å². The first kappa shape index (κ1) is 18.2. The molecule has 3 aromatic rings. The zero-order valence-corrected chi connectivity index (χ0v) is 16.0. The van der Waals surface area contributed by atoms with Crippen LogP contribution in [0.4, 0.5) is 0 Å². The molecular weight excluding hydrogens is 348 g/mol. The van der Waals surface area contributed by atoms with Crippen LogP contribution >= 0.6 is 11.3 Å². The van der Waals surface area contributed by atoms with E-state index in [1.54, 1.807) is 29.4 Å². The van der Waals surface area contributed by atoms with Crippen molar-refractivity contribution in [2.45, 2.75) is 19.9 Å². The smallest absolute Gasteiger partial charge is 0.260 e. The predicted molar refractivity (Wildman–Crippen MR) is 104 cm³/mol. The van der Waals surface area contributed by atoms with Gasteiger partial charge in [0.1, 0.15) is 5.01 Å². The van der Waals surface area contributed by atoms with Gasteiger partial charge in [0.25, 0.3) is 5.91 Å². The van der Waals surface area contributed by atoms with Crippen LogP contribution in [-0.4, -0.2) is 36.1 Å². The minimum Gasteiger partial charge on any atom is -0.490 e. The second-order valence-corrected chi connectivity index (χ2v) is 6.93. The molecule has 1 amide bonds. The molecule has 0 aliphatic rings. The molecule has 1 heterocycles. The lowest BCUT2D eigenvalue weighted by Gasteiger charge is -2.23. The molecule has 0 aliphatic heterocycles. The van der Waals surface area contributed by atoms with Gasteiger partial charge in [0.15, 0.2) is 18.1 Å². The average Bonchev–Trinajstić information content (AvgIpc) is 3.10. The number of amides is 1. The van der Waals surface area contributed by atoms with Gasteiger partial charge in [-0.05, 0) is 38.1 Å². The Morgan fingerprint density at radius 3 is 2.46 bits per heavy atom. The van der Waals surface area contributed by atoms with Gasteiger partial charge in [-0.1, -0.05) is 24.3 Å². The van der Waals surface area contributed by atoms with Crippen molar-refractivity contribution in [3.63, 3.8) is 0 Å². The first-order chi connectivity index (χ1) is 12.6. The summed E-state index contributed by atoms with van der Waals surface area (Å²) in [6.07, 6.45) is 0. The van der Waals surface area contributed by atoms with E-state index in [9.17, 15) is 4.79 Å². The van der Waals surface area contributed by atoms with Crippen LogP contribution in [0.1, 0.15) is 24.9 Å². The van der Waals surface area contributed by atoms with Gasteiger partial charge in [-0.2, -0.15) is 0 Å². The van der Waals surface area contributed by atoms with Crippen LogP contribution in [-0.2, 0) is 4.79 Å². The third-order valence-electron chi connectivity index (χ3n) is 4.14. The van der Waals surface area contributed by atoms with Crippen LogP contribution in [0.15, 0.2) is 48.5 Å². The van der Waals surface area contributed by atoms with Crippen molar-refractivity contribution in [3.8, 4) is 11.5 Å². The summed E-state index contributed by atoms with van der Waals surface area (Å²) in [5, 5.41) is 0.914. The molecule has 6 heteroatoms. The highest BCUT2D eigenvalue weighted by Crippen LogP contribution is 2.29. The number of hydrogen-bond donors (Lipinski definition) is 0. The summed E-state index contributed by atoms with van der Waals surface area (Å²) in [7, 11) is 1.77. The van der Waals surface area contributed by atoms with Crippen molar-refractivity contribution in [2.75, 3.05) is 20.3 Å². The fraction of sp³-hybridized carbons (Fsp3) is 0.300. The number of benzene rings is 2. The molecule has 0 spiro atoms. The van der Waals surface area contributed by atoms with Gasteiger partial charge in [-0.15, -0.1) is 11.3 Å². The normalized spacial score (nSPS) is 12.0. The maximum Gasteiger partial charge on any atom is 0.260 e. The lowest BCUT2D eigenvalue weighted by atomic mass is 10.3. The molecule has 5 nitrogen and oxygen atoms in total. The largest absolute Gasteiger partial charge is 0.490 e. The van der Waals surface area contributed by atoms with Crippen molar-refractivity contribution < 1.29 is 14.3 Å². The summed E-state index contributed by atoms with van der Waals surface area (Å²) >= 11 is 1.61. The fourth-order valence-electron chi connectivity index (χ4n) is 2.54. The van der Waals surface area contributed by atoms with Gasteiger partial charge >= 0.3 is 0 Å². The van der Waals surface area contributed by atoms with Crippen LogP contribution in [0.5, 0.6) is 11.5 Å². The SMILES string of the molecule is CCOc1ccccc1OCC(=O)N(C)C(C)c1nc2ccccc2s1. The Kier molecular flexibility index (Phi) is 5.73. The molecule has 26 heavy (non-hydrogen) atoms. The van der Waals surface area contributed by atoms with Crippen LogP contribution in [0.3, 0.4) is 0 Å². The number of carbonyl (C=O) groups excluding carboxylic acids is 1. The van der Waals surface area contributed by atoms with E-state index in [2.05, 4.69) is 4.98 Å². The summed E-state index contributed by atoms with van der Waals surface area (Å²) in [4.78, 5) is 18.9. The number of fused-ring (bicyclic) bond motifs is 1. The molecule has 0 aliphatic carbocycles. The summed E-state index contributed by atoms with van der Waals surface area (Å²) in [5.74, 6) is 1.11. The third-order valence-corrected chi connectivity index (χ3v) is 5.35. The molecule has 0 N–H and O–H groups in total. The molecular formula is C20H22N2O3S. The first-order valence-corrected chi connectivity index (χ1v) is 9.37. The number of carbonyl (C=O) groups is 1. The van der Waals surface area contributed by atoms with E-state index < -0.39 is 0 Å². The maximum atomic E-state index is 12.6. The van der Waals surface area contributed by atoms with Crippen molar-refractivity contribution in [1.82, 2.24) is 9.88 Å². The van der Waals surface area contributed by atoms with Crippen molar-refractivity contribution in [1.29, 1.82) is 0 Å². The zero-order chi connectivity index (χ0) is 18.5. The quantitative estimate of drug-likeness (QED) is 0.622. The second-order valence-electron chi connectivity index (χ2n) is 5.87. The van der Waals surface area contributed by atoms with Gasteiger partial charge in [0.05, 0.1) is 22.9 Å². The molecule has 1 aromatic heterocycles. The Bertz CT molecular complexity index is 860. The minimum absolute atomic E-state index is 0.0458. The highest BCUT2D eigenvalue weighted by Gasteiger charge is 2.21. The number of nitrogens with zero attached hydrogens (tertiary/aromatic N) is 2. The lowest BCUT2D eigenvalue weighted by molar-refractivity contribution is -0.134. The number of para-hydroxylation sites is 3. The van der Waals surface area contributed by atoms with E-state index in [1.807, 2.05) is 56.3 Å². The van der Waals surface area contributed by atoms with E-state index in [0.29, 0.717) is 18.1 Å². The number of thiazole rings is 1. The van der Waals surface area contributed by atoms with Crippen LogP contribution in [0.25, 0.3) is 10.2 Å². The molecule has 1 atom stereocenters. The fourth-order valence-corrected chi connectivity index (χ4v) is 3.60. The Hall–Kier alpha value is -2.60. The van der Waals surface area contributed by atoms with E-state index in [1.165, 1.54) is 0 Å². The van der Waals surface area contributed by atoms with Crippen molar-refractivity contribution in [2.24, 2.45) is 0 Å². The number of hydrogen-bond acceptors (Lipinski definition) is 5. The Labute approximate surface area is 157 Å². The van der Waals surface area contributed by atoms with Crippen LogP contribution < -0.4 is 9.47 Å². The maximum absolute atomic E-state index is 12.6. The number of aromatic nitrogens is 1. The van der Waals surface area contributed by atoms with Crippen LogP contribution in [0.2, 0.25) is 0 Å². The summed E-state index contributed by atoms with van der Waals surface area (Å²) < 4.78 is 12.3. The Morgan fingerprint density at radius 1 is 1.12 bits per heavy atom. The molecule has 1 unspecified atom stereocenters. The average molecular weight is 370 g/mol. The zero-order valence-electron chi connectivity index (χ0n) is 15.1. The van der Waals surface area contributed by atoms with Gasteiger partial charge in [-0.3, -0.25) is 4.79 Å². The minimum atomic E-state index is -0.120. The molecule has 2 aromatic carbocycles.